The summed E-state index contributed by atoms with van der Waals surface area (Å²) in [5.74, 6) is 0.647. The van der Waals surface area contributed by atoms with Gasteiger partial charge in [-0.25, -0.2) is 0 Å². The molecule has 5 rings (SSSR count). The number of amides is 2. The summed E-state index contributed by atoms with van der Waals surface area (Å²) in [6.45, 7) is 19.2. The van der Waals surface area contributed by atoms with E-state index in [2.05, 4.69) is 107 Å². The molecule has 2 saturated heterocycles. The summed E-state index contributed by atoms with van der Waals surface area (Å²) in [7, 11) is 3.98. The topological polar surface area (TPSA) is 83.5 Å². The maximum absolute atomic E-state index is 13.2. The highest BCUT2D eigenvalue weighted by molar-refractivity contribution is 5.97. The van der Waals surface area contributed by atoms with Gasteiger partial charge in [0.15, 0.2) is 0 Å². The molecule has 9 heteroatoms. The van der Waals surface area contributed by atoms with Crippen LogP contribution in [0.1, 0.15) is 55.1 Å². The summed E-state index contributed by atoms with van der Waals surface area (Å²) in [6, 6.07) is 22.4. The maximum atomic E-state index is 13.2. The predicted octanol–water partition coefficient (Wildman–Crippen LogP) is 6.53. The average molecular weight is 654 g/mol. The molecular weight excluding hydrogens is 598 g/mol. The lowest BCUT2D eigenvalue weighted by Crippen LogP contribution is -2.46. The summed E-state index contributed by atoms with van der Waals surface area (Å²) < 4.78 is 0. The second-order valence-electron chi connectivity index (χ2n) is 13.7. The fraction of sp³-hybridized carbons (Fsp3) is 0.462. The number of hydrogen-bond donors (Lipinski definition) is 2. The number of hydrogen-bond acceptors (Lipinski definition) is 7. The largest absolute Gasteiger partial charge is 0.374 e. The van der Waals surface area contributed by atoms with Gasteiger partial charge in [-0.05, 0) is 100 Å². The van der Waals surface area contributed by atoms with Gasteiger partial charge in [-0.1, -0.05) is 51.1 Å². The summed E-state index contributed by atoms with van der Waals surface area (Å²) in [5.41, 5.74) is 6.11. The summed E-state index contributed by atoms with van der Waals surface area (Å²) in [5, 5.41) is 6.19. The van der Waals surface area contributed by atoms with Crippen molar-refractivity contribution in [3.05, 3.63) is 83.4 Å². The van der Waals surface area contributed by atoms with Gasteiger partial charge < -0.3 is 25.3 Å². The first kappa shape index (κ1) is 36.6. The number of aryl methyl sites for hydroxylation is 1. The van der Waals surface area contributed by atoms with Crippen LogP contribution in [0.2, 0.25) is 0 Å². The molecule has 2 aliphatic heterocycles. The Hall–Kier alpha value is -4.21. The van der Waals surface area contributed by atoms with Crippen LogP contribution in [0.15, 0.2) is 71.7 Å². The number of rotatable bonds is 10. The number of carbonyl (C=O) groups excluding carboxylic acids is 2. The third-order valence-electron chi connectivity index (χ3n) is 8.88. The Morgan fingerprint density at radius 3 is 2.19 bits per heavy atom. The van der Waals surface area contributed by atoms with Crippen LogP contribution in [0.3, 0.4) is 0 Å². The zero-order valence-corrected chi connectivity index (χ0v) is 29.8. The number of benzene rings is 3. The van der Waals surface area contributed by atoms with Crippen molar-refractivity contribution in [1.29, 1.82) is 0 Å². The Morgan fingerprint density at radius 2 is 1.56 bits per heavy atom. The number of piperidine rings is 1. The van der Waals surface area contributed by atoms with E-state index < -0.39 is 0 Å². The minimum absolute atomic E-state index is 0.0262. The lowest BCUT2D eigenvalue weighted by Gasteiger charge is -2.36. The van der Waals surface area contributed by atoms with Crippen molar-refractivity contribution in [2.24, 2.45) is 10.9 Å². The smallest absolute Gasteiger partial charge is 0.253 e. The molecular formula is C39H55N7O2. The van der Waals surface area contributed by atoms with Crippen LogP contribution < -0.4 is 15.5 Å². The van der Waals surface area contributed by atoms with Crippen LogP contribution in [-0.4, -0.2) is 99.2 Å². The molecule has 2 N–H and O–H groups in total. The van der Waals surface area contributed by atoms with Crippen molar-refractivity contribution < 1.29 is 9.59 Å². The number of carbonyl (C=O) groups is 2. The van der Waals surface area contributed by atoms with Crippen molar-refractivity contribution in [1.82, 2.24) is 14.7 Å². The zero-order chi connectivity index (χ0) is 34.6. The van der Waals surface area contributed by atoms with E-state index in [1.807, 2.05) is 24.9 Å². The summed E-state index contributed by atoms with van der Waals surface area (Å²) in [4.78, 5) is 39.2. The number of likely N-dealkylation sites (tertiary alicyclic amines) is 1. The van der Waals surface area contributed by atoms with E-state index in [1.165, 1.54) is 11.3 Å². The molecule has 2 heterocycles. The normalized spacial score (nSPS) is 15.8. The van der Waals surface area contributed by atoms with Crippen molar-refractivity contribution in [2.75, 3.05) is 75.4 Å². The average Bonchev–Trinajstić information content (AvgIpc) is 3.08. The first-order chi connectivity index (χ1) is 23.0. The maximum Gasteiger partial charge on any atom is 0.253 e. The quantitative estimate of drug-likeness (QED) is 0.242. The Morgan fingerprint density at radius 1 is 0.917 bits per heavy atom. The van der Waals surface area contributed by atoms with E-state index in [0.29, 0.717) is 16.9 Å². The molecule has 258 valence electrons. The van der Waals surface area contributed by atoms with Gasteiger partial charge in [0.05, 0.1) is 17.9 Å². The first-order valence-electron chi connectivity index (χ1n) is 17.3. The summed E-state index contributed by atoms with van der Waals surface area (Å²) in [6.07, 6.45) is 1.93. The molecule has 3 aromatic carbocycles. The summed E-state index contributed by atoms with van der Waals surface area (Å²) >= 11 is 0. The number of piperazine rings is 1. The second-order valence-corrected chi connectivity index (χ2v) is 13.7. The zero-order valence-electron chi connectivity index (χ0n) is 29.8. The molecule has 9 nitrogen and oxygen atoms in total. The van der Waals surface area contributed by atoms with Crippen molar-refractivity contribution in [2.45, 2.75) is 53.1 Å². The van der Waals surface area contributed by atoms with Crippen LogP contribution in [0.25, 0.3) is 0 Å². The van der Waals surface area contributed by atoms with E-state index in [9.17, 15) is 9.59 Å². The molecule has 2 aliphatic rings. The van der Waals surface area contributed by atoms with Crippen LogP contribution in [0.4, 0.5) is 22.7 Å². The Labute approximate surface area is 288 Å². The van der Waals surface area contributed by atoms with Crippen molar-refractivity contribution in [3.63, 3.8) is 0 Å². The first-order valence-corrected chi connectivity index (χ1v) is 17.3. The third-order valence-corrected chi connectivity index (χ3v) is 8.88. The van der Waals surface area contributed by atoms with Gasteiger partial charge in [0.1, 0.15) is 0 Å². The third kappa shape index (κ3) is 10.7. The fourth-order valence-electron chi connectivity index (χ4n) is 6.06. The van der Waals surface area contributed by atoms with Gasteiger partial charge in [0.2, 0.25) is 5.91 Å². The molecule has 0 saturated carbocycles. The molecule has 0 unspecified atom stereocenters. The van der Waals surface area contributed by atoms with Crippen LogP contribution >= 0.6 is 0 Å². The van der Waals surface area contributed by atoms with Crippen LogP contribution in [-0.2, 0) is 11.3 Å². The Bertz CT molecular complexity index is 1490. The SMILES string of the molecule is C=Nc1cc(C(=O)N(C)C2CCN(C)CC2)ccc1NCC(=O)Nc1ccc(N2CCN(Cc3ccccc3)CC2)cc1C.CC(C)C. The minimum Gasteiger partial charge on any atom is -0.374 e. The number of aliphatic imine (C=N–C) groups is 1. The molecule has 3 aromatic rings. The fourth-order valence-corrected chi connectivity index (χ4v) is 6.06. The van der Waals surface area contributed by atoms with Gasteiger partial charge in [-0.15, -0.1) is 0 Å². The van der Waals surface area contributed by atoms with Gasteiger partial charge in [-0.3, -0.25) is 19.5 Å². The van der Waals surface area contributed by atoms with Gasteiger partial charge in [0.25, 0.3) is 5.91 Å². The van der Waals surface area contributed by atoms with Crippen molar-refractivity contribution in [3.8, 4) is 0 Å². The Kier molecular flexibility index (Phi) is 13.6. The van der Waals surface area contributed by atoms with Crippen LogP contribution in [0.5, 0.6) is 0 Å². The highest BCUT2D eigenvalue weighted by Crippen LogP contribution is 2.28. The lowest BCUT2D eigenvalue weighted by atomic mass is 10.0. The van der Waals surface area contributed by atoms with E-state index in [4.69, 9.17) is 0 Å². The molecule has 0 spiro atoms. The van der Waals surface area contributed by atoms with Crippen LogP contribution in [0, 0.1) is 12.8 Å². The van der Waals surface area contributed by atoms with Gasteiger partial charge >= 0.3 is 0 Å². The van der Waals surface area contributed by atoms with Gasteiger partial charge in [-0.2, -0.15) is 0 Å². The van der Waals surface area contributed by atoms with E-state index >= 15 is 0 Å². The molecule has 0 atom stereocenters. The number of nitrogens with one attached hydrogen (secondary N) is 2. The molecule has 2 fully saturated rings. The predicted molar refractivity (Wildman–Crippen MR) is 201 cm³/mol. The lowest BCUT2D eigenvalue weighted by molar-refractivity contribution is -0.114. The standard InChI is InChI=1S/C35H45N7O2.C4H10/c1-26-22-30(42-20-18-41(19-21-42)25-27-8-6-5-7-9-27)11-13-31(26)38-34(43)24-37-32-12-10-28(23-33(32)36-2)35(44)40(4)29-14-16-39(3)17-15-29;1-4(2)3/h5-13,22-23,29,37H,2,14-21,24-25H2,1,3-4H3,(H,38,43);4H,1-3H3. The molecule has 0 aromatic heterocycles. The molecule has 48 heavy (non-hydrogen) atoms. The van der Waals surface area contributed by atoms with E-state index in [-0.39, 0.29) is 24.4 Å². The van der Waals surface area contributed by atoms with E-state index in [1.54, 1.807) is 18.2 Å². The highest BCUT2D eigenvalue weighted by Gasteiger charge is 2.25. The number of nitrogens with zero attached hydrogens (tertiary/aromatic N) is 5. The van der Waals surface area contributed by atoms with Gasteiger partial charge in [0, 0.05) is 62.8 Å². The molecule has 0 aliphatic carbocycles. The monoisotopic (exact) mass is 653 g/mol. The Balaban J connectivity index is 0.00000123. The molecule has 2 amide bonds. The van der Waals surface area contributed by atoms with Crippen molar-refractivity contribution >= 4 is 41.3 Å². The second kappa shape index (κ2) is 17.8. The minimum atomic E-state index is -0.160. The molecule has 0 bridgehead atoms. The number of anilines is 3. The van der Waals surface area contributed by atoms with E-state index in [0.717, 1.165) is 75.8 Å². The highest BCUT2D eigenvalue weighted by atomic mass is 16.2. The molecule has 0 radical (unpaired) electrons.